The van der Waals surface area contributed by atoms with E-state index in [1.54, 1.807) is 18.2 Å². The Balaban J connectivity index is 2.89. The molecule has 0 saturated heterocycles. The third-order valence-corrected chi connectivity index (χ3v) is 1.81. The van der Waals surface area contributed by atoms with E-state index < -0.39 is 0 Å². The molecule has 0 amide bonds. The van der Waals surface area contributed by atoms with Crippen molar-refractivity contribution in [2.45, 2.75) is 0 Å². The lowest BCUT2D eigenvalue weighted by Crippen LogP contribution is -2.32. The second-order valence-corrected chi connectivity index (χ2v) is 2.95. The molecule has 5 heteroatoms. The number of rotatable bonds is 0. The van der Waals surface area contributed by atoms with E-state index >= 15 is 0 Å². The van der Waals surface area contributed by atoms with Gasteiger partial charge in [-0.25, -0.2) is 4.98 Å². The van der Waals surface area contributed by atoms with Crippen LogP contribution < -0.4 is 4.85 Å². The van der Waals surface area contributed by atoms with Crippen LogP contribution in [-0.4, -0.2) is 10.1 Å². The predicted molar refractivity (Wildman–Crippen MR) is 46.2 cm³/mol. The Morgan fingerprint density at radius 3 is 2.92 bits per heavy atom. The third kappa shape index (κ3) is 1.12. The van der Waals surface area contributed by atoms with Crippen LogP contribution in [0.1, 0.15) is 0 Å². The van der Waals surface area contributed by atoms with Crippen molar-refractivity contribution in [1.29, 1.82) is 0 Å². The summed E-state index contributed by atoms with van der Waals surface area (Å²) in [6.07, 6.45) is 0. The van der Waals surface area contributed by atoms with Crippen LogP contribution in [0.4, 0.5) is 0 Å². The highest BCUT2D eigenvalue weighted by molar-refractivity contribution is 9.10. The van der Waals surface area contributed by atoms with Crippen molar-refractivity contribution in [3.05, 3.63) is 34.2 Å². The Hall–Kier alpha value is -1.23. The number of hydrogen-bond acceptors (Lipinski definition) is 3. The molecule has 4 nitrogen and oxygen atoms in total. The lowest BCUT2D eigenvalue weighted by Gasteiger charge is -1.96. The van der Waals surface area contributed by atoms with Crippen molar-refractivity contribution in [2.75, 3.05) is 0 Å². The third-order valence-electron chi connectivity index (χ3n) is 1.47. The van der Waals surface area contributed by atoms with Crippen molar-refractivity contribution in [2.24, 2.45) is 0 Å². The van der Waals surface area contributed by atoms with Gasteiger partial charge >= 0.3 is 0 Å². The zero-order chi connectivity index (χ0) is 8.55. The van der Waals surface area contributed by atoms with Crippen LogP contribution in [0.25, 0.3) is 11.0 Å². The van der Waals surface area contributed by atoms with Gasteiger partial charge in [0.25, 0.3) is 10.3 Å². The summed E-state index contributed by atoms with van der Waals surface area (Å²) in [5.74, 6) is 0. The standard InChI is InChI=1S/C7H4BrN3O/c8-7-9-5-3-1-2-4-6(5)11(12)10-7/h1-4H. The number of aromatic nitrogens is 3. The van der Waals surface area contributed by atoms with Crippen LogP contribution in [-0.2, 0) is 0 Å². The van der Waals surface area contributed by atoms with Crippen LogP contribution in [0.5, 0.6) is 0 Å². The zero-order valence-electron chi connectivity index (χ0n) is 5.94. The van der Waals surface area contributed by atoms with Gasteiger partial charge in [-0.3, -0.25) is 0 Å². The number of nitrogens with zero attached hydrogens (tertiary/aromatic N) is 3. The molecule has 0 unspecified atom stereocenters. The maximum Gasteiger partial charge on any atom is 0.270 e. The number of hydrogen-bond donors (Lipinski definition) is 0. The van der Waals surface area contributed by atoms with Gasteiger partial charge in [-0.1, -0.05) is 12.1 Å². The Labute approximate surface area is 76.6 Å². The number of halogens is 1. The Bertz CT molecular complexity index is 432. The summed E-state index contributed by atoms with van der Waals surface area (Å²) in [4.78, 5) is 4.57. The first-order chi connectivity index (χ1) is 5.77. The molecule has 2 rings (SSSR count). The number of fused-ring (bicyclic) bond motifs is 1. The molecule has 1 aromatic carbocycles. The molecule has 0 fully saturated rings. The monoisotopic (exact) mass is 225 g/mol. The topological polar surface area (TPSA) is 52.7 Å². The highest BCUT2D eigenvalue weighted by atomic mass is 79.9. The minimum Gasteiger partial charge on any atom is -0.594 e. The molecule has 0 radical (unpaired) electrons. The molecule has 2 aromatic rings. The normalized spacial score (nSPS) is 10.4. The molecular weight excluding hydrogens is 222 g/mol. The molecule has 0 saturated carbocycles. The van der Waals surface area contributed by atoms with Crippen molar-refractivity contribution < 1.29 is 4.85 Å². The van der Waals surface area contributed by atoms with Crippen molar-refractivity contribution >= 4 is 27.0 Å². The molecule has 0 atom stereocenters. The average molecular weight is 226 g/mol. The summed E-state index contributed by atoms with van der Waals surface area (Å²) in [6.45, 7) is 0. The second-order valence-electron chi connectivity index (χ2n) is 2.24. The van der Waals surface area contributed by atoms with E-state index in [9.17, 15) is 5.21 Å². The predicted octanol–water partition coefficient (Wildman–Crippen LogP) is 1.03. The summed E-state index contributed by atoms with van der Waals surface area (Å²) in [5.41, 5.74) is 1.11. The van der Waals surface area contributed by atoms with Crippen molar-refractivity contribution in [3.8, 4) is 0 Å². The lowest BCUT2D eigenvalue weighted by molar-refractivity contribution is -0.644. The molecule has 60 valence electrons. The first-order valence-corrected chi connectivity index (χ1v) is 4.09. The smallest absolute Gasteiger partial charge is 0.270 e. The van der Waals surface area contributed by atoms with E-state index in [0.717, 1.165) is 0 Å². The summed E-state index contributed by atoms with van der Waals surface area (Å²) >= 11 is 3.04. The van der Waals surface area contributed by atoms with Gasteiger partial charge < -0.3 is 5.21 Å². The minimum absolute atomic E-state index is 0.302. The maximum atomic E-state index is 11.1. The Kier molecular flexibility index (Phi) is 1.65. The molecule has 12 heavy (non-hydrogen) atoms. The highest BCUT2D eigenvalue weighted by Gasteiger charge is 2.06. The van der Waals surface area contributed by atoms with Gasteiger partial charge in [-0.05, 0) is 10.9 Å². The number of benzene rings is 1. The van der Waals surface area contributed by atoms with Gasteiger partial charge in [-0.2, -0.15) is 0 Å². The van der Waals surface area contributed by atoms with Crippen LogP contribution in [0.3, 0.4) is 0 Å². The van der Waals surface area contributed by atoms with Crippen molar-refractivity contribution in [1.82, 2.24) is 10.1 Å². The van der Waals surface area contributed by atoms with Gasteiger partial charge in [0.2, 0.25) is 0 Å². The fraction of sp³-hybridized carbons (Fsp3) is 0. The first kappa shape index (κ1) is 7.42. The fourth-order valence-electron chi connectivity index (χ4n) is 0.971. The highest BCUT2D eigenvalue weighted by Crippen LogP contribution is 2.07. The maximum absolute atomic E-state index is 11.1. The van der Waals surface area contributed by atoms with E-state index in [2.05, 4.69) is 26.0 Å². The minimum atomic E-state index is 0.302. The molecule has 0 aliphatic carbocycles. The van der Waals surface area contributed by atoms with Gasteiger partial charge in [-0.15, -0.1) is 0 Å². The van der Waals surface area contributed by atoms with E-state index in [4.69, 9.17) is 0 Å². The molecule has 1 heterocycles. The summed E-state index contributed by atoms with van der Waals surface area (Å²) in [7, 11) is 0. The molecule has 0 N–H and O–H groups in total. The van der Waals surface area contributed by atoms with E-state index in [1.165, 1.54) is 0 Å². The largest absolute Gasteiger partial charge is 0.594 e. The zero-order valence-corrected chi connectivity index (χ0v) is 7.52. The molecule has 0 bridgehead atoms. The number of para-hydroxylation sites is 2. The van der Waals surface area contributed by atoms with Crippen LogP contribution in [0.15, 0.2) is 29.0 Å². The summed E-state index contributed by atoms with van der Waals surface area (Å²) in [6, 6.07) is 7.03. The van der Waals surface area contributed by atoms with E-state index in [1.807, 2.05) is 6.07 Å². The second kappa shape index (κ2) is 2.67. The van der Waals surface area contributed by atoms with Crippen LogP contribution >= 0.6 is 15.9 Å². The SMILES string of the molecule is [O-][n+]1nc(Br)nc2ccccc21. The van der Waals surface area contributed by atoms with Gasteiger partial charge in [0.05, 0.1) is 0 Å². The van der Waals surface area contributed by atoms with Gasteiger partial charge in [0.1, 0.15) is 5.52 Å². The first-order valence-electron chi connectivity index (χ1n) is 3.29. The summed E-state index contributed by atoms with van der Waals surface area (Å²) in [5, 5.41) is 14.7. The molecule has 0 aliphatic rings. The molecule has 0 spiro atoms. The van der Waals surface area contributed by atoms with E-state index in [0.29, 0.717) is 20.6 Å². The lowest BCUT2D eigenvalue weighted by atomic mass is 10.3. The quantitative estimate of drug-likeness (QED) is 0.497. The van der Waals surface area contributed by atoms with Gasteiger partial charge in [0.15, 0.2) is 0 Å². The van der Waals surface area contributed by atoms with E-state index in [-0.39, 0.29) is 0 Å². The molecular formula is C7H4BrN3O. The van der Waals surface area contributed by atoms with Crippen LogP contribution in [0.2, 0.25) is 0 Å². The summed E-state index contributed by atoms with van der Waals surface area (Å²) < 4.78 is 0.302. The Morgan fingerprint density at radius 2 is 2.08 bits per heavy atom. The van der Waals surface area contributed by atoms with Crippen molar-refractivity contribution in [3.63, 3.8) is 0 Å². The Morgan fingerprint density at radius 1 is 1.33 bits per heavy atom. The molecule has 1 aromatic heterocycles. The van der Waals surface area contributed by atoms with Gasteiger partial charge in [0, 0.05) is 27.1 Å². The fourth-order valence-corrected chi connectivity index (χ4v) is 1.31. The average Bonchev–Trinajstić information content (AvgIpc) is 2.04. The molecule has 0 aliphatic heterocycles. The van der Waals surface area contributed by atoms with Crippen LogP contribution in [0, 0.1) is 5.21 Å².